The average molecular weight is 317 g/mol. The Kier molecular flexibility index (Phi) is 7.56. The Morgan fingerprint density at radius 2 is 1.87 bits per heavy atom. The van der Waals surface area contributed by atoms with Gasteiger partial charge in [0.2, 0.25) is 5.91 Å². The number of carbonyl (C=O) groups excluding carboxylic acids is 1. The molecule has 2 rings (SSSR count). The molecule has 1 amide bonds. The molecule has 1 unspecified atom stereocenters. The summed E-state index contributed by atoms with van der Waals surface area (Å²) >= 11 is 0. The van der Waals surface area contributed by atoms with Gasteiger partial charge in [-0.15, -0.1) is 0 Å². The summed E-state index contributed by atoms with van der Waals surface area (Å²) in [6.07, 6.45) is 2.90. The van der Waals surface area contributed by atoms with E-state index in [4.69, 9.17) is 0 Å². The third kappa shape index (κ3) is 5.63. The van der Waals surface area contributed by atoms with E-state index in [1.165, 1.54) is 5.56 Å². The van der Waals surface area contributed by atoms with E-state index >= 15 is 0 Å². The highest BCUT2D eigenvalue weighted by Gasteiger charge is 2.23. The Morgan fingerprint density at radius 3 is 2.48 bits per heavy atom. The number of hydrogen-bond acceptors (Lipinski definition) is 3. The van der Waals surface area contributed by atoms with Gasteiger partial charge in [0.1, 0.15) is 0 Å². The van der Waals surface area contributed by atoms with Crippen molar-refractivity contribution in [2.24, 2.45) is 5.92 Å². The summed E-state index contributed by atoms with van der Waals surface area (Å²) in [6.45, 7) is 9.06. The molecule has 0 aromatic heterocycles. The molecule has 0 spiro atoms. The van der Waals surface area contributed by atoms with Gasteiger partial charge < -0.3 is 10.6 Å². The summed E-state index contributed by atoms with van der Waals surface area (Å²) in [6, 6.07) is 10.9. The van der Waals surface area contributed by atoms with Crippen LogP contribution in [-0.4, -0.2) is 49.6 Å². The van der Waals surface area contributed by atoms with Gasteiger partial charge in [0.15, 0.2) is 0 Å². The Labute approximate surface area is 140 Å². The molecule has 1 aromatic rings. The Morgan fingerprint density at radius 1 is 1.22 bits per heavy atom. The first-order chi connectivity index (χ1) is 11.2. The molecule has 4 nitrogen and oxygen atoms in total. The van der Waals surface area contributed by atoms with Gasteiger partial charge in [0.25, 0.3) is 0 Å². The highest BCUT2D eigenvalue weighted by molar-refractivity contribution is 5.78. The third-order valence-corrected chi connectivity index (χ3v) is 4.86. The molecule has 0 bridgehead atoms. The quantitative estimate of drug-likeness (QED) is 0.771. The monoisotopic (exact) mass is 317 g/mol. The molecule has 2 N–H and O–H groups in total. The fourth-order valence-electron chi connectivity index (χ4n) is 3.40. The van der Waals surface area contributed by atoms with Crippen molar-refractivity contribution in [2.75, 3.05) is 32.7 Å². The second-order valence-electron chi connectivity index (χ2n) is 6.33. The minimum Gasteiger partial charge on any atom is -0.354 e. The van der Waals surface area contributed by atoms with E-state index in [1.54, 1.807) is 0 Å². The molecule has 1 aliphatic rings. The van der Waals surface area contributed by atoms with Gasteiger partial charge in [-0.1, -0.05) is 44.2 Å². The summed E-state index contributed by atoms with van der Waals surface area (Å²) in [7, 11) is 0. The maximum absolute atomic E-state index is 12.4. The number of likely N-dealkylation sites (N-methyl/N-ethyl adjacent to an activating group) is 1. The van der Waals surface area contributed by atoms with Gasteiger partial charge in [-0.05, 0) is 51.0 Å². The van der Waals surface area contributed by atoms with Crippen molar-refractivity contribution in [1.82, 2.24) is 15.5 Å². The van der Waals surface area contributed by atoms with Crippen LogP contribution in [0.25, 0.3) is 0 Å². The average Bonchev–Trinajstić information content (AvgIpc) is 2.62. The molecule has 1 fully saturated rings. The van der Waals surface area contributed by atoms with Crippen LogP contribution in [0, 0.1) is 5.92 Å². The highest BCUT2D eigenvalue weighted by atomic mass is 16.1. The molecule has 0 radical (unpaired) electrons. The predicted octanol–water partition coefficient (Wildman–Crippen LogP) is 2.06. The lowest BCUT2D eigenvalue weighted by Crippen LogP contribution is -2.47. The van der Waals surface area contributed by atoms with Crippen LogP contribution in [0.4, 0.5) is 0 Å². The standard InChI is InChI=1S/C19H31N3O/c1-3-22(4-2)18(14-16-8-6-5-7-9-16)15-21-19(23)17-10-12-20-13-11-17/h5-9,17-18,20H,3-4,10-15H2,1-2H3,(H,21,23). The van der Waals surface area contributed by atoms with Crippen LogP contribution in [-0.2, 0) is 11.2 Å². The van der Waals surface area contributed by atoms with E-state index in [2.05, 4.69) is 59.7 Å². The lowest BCUT2D eigenvalue weighted by molar-refractivity contribution is -0.126. The second-order valence-corrected chi connectivity index (χ2v) is 6.33. The lowest BCUT2D eigenvalue weighted by atomic mass is 9.97. The molecule has 1 aromatic carbocycles. The largest absolute Gasteiger partial charge is 0.354 e. The topological polar surface area (TPSA) is 44.4 Å². The van der Waals surface area contributed by atoms with Crippen LogP contribution in [0.5, 0.6) is 0 Å². The van der Waals surface area contributed by atoms with Crippen molar-refractivity contribution in [3.8, 4) is 0 Å². The zero-order chi connectivity index (χ0) is 16.5. The fourth-order valence-corrected chi connectivity index (χ4v) is 3.40. The zero-order valence-corrected chi connectivity index (χ0v) is 14.6. The molecule has 1 saturated heterocycles. The molecule has 128 valence electrons. The number of nitrogens with one attached hydrogen (secondary N) is 2. The minimum atomic E-state index is 0.185. The number of hydrogen-bond donors (Lipinski definition) is 2. The van der Waals surface area contributed by atoms with Crippen molar-refractivity contribution in [3.05, 3.63) is 35.9 Å². The fraction of sp³-hybridized carbons (Fsp3) is 0.632. The molecule has 0 saturated carbocycles. The van der Waals surface area contributed by atoms with E-state index < -0.39 is 0 Å². The second kappa shape index (κ2) is 9.68. The Balaban J connectivity index is 1.92. The molecule has 1 atom stereocenters. The van der Waals surface area contributed by atoms with Crippen molar-refractivity contribution in [1.29, 1.82) is 0 Å². The Hall–Kier alpha value is -1.39. The van der Waals surface area contributed by atoms with Gasteiger partial charge in [0, 0.05) is 18.5 Å². The maximum Gasteiger partial charge on any atom is 0.223 e. The minimum absolute atomic E-state index is 0.185. The number of nitrogens with zero attached hydrogens (tertiary/aromatic N) is 1. The normalized spacial score (nSPS) is 17.2. The number of benzene rings is 1. The van der Waals surface area contributed by atoms with Gasteiger partial charge in [-0.2, -0.15) is 0 Å². The molecular weight excluding hydrogens is 286 g/mol. The van der Waals surface area contributed by atoms with Crippen molar-refractivity contribution in [3.63, 3.8) is 0 Å². The SMILES string of the molecule is CCN(CC)C(CNC(=O)C1CCNCC1)Cc1ccccc1. The highest BCUT2D eigenvalue weighted by Crippen LogP contribution is 2.13. The smallest absolute Gasteiger partial charge is 0.223 e. The molecule has 0 aliphatic carbocycles. The van der Waals surface area contributed by atoms with Crippen LogP contribution in [0.1, 0.15) is 32.3 Å². The van der Waals surface area contributed by atoms with Crippen LogP contribution in [0.2, 0.25) is 0 Å². The first-order valence-corrected chi connectivity index (χ1v) is 9.01. The van der Waals surface area contributed by atoms with E-state index in [1.807, 2.05) is 0 Å². The summed E-state index contributed by atoms with van der Waals surface area (Å²) < 4.78 is 0. The van der Waals surface area contributed by atoms with Crippen LogP contribution >= 0.6 is 0 Å². The predicted molar refractivity (Wildman–Crippen MR) is 95.5 cm³/mol. The Bertz CT molecular complexity index is 453. The van der Waals surface area contributed by atoms with E-state index in [9.17, 15) is 4.79 Å². The van der Waals surface area contributed by atoms with Crippen molar-refractivity contribution < 1.29 is 4.79 Å². The third-order valence-electron chi connectivity index (χ3n) is 4.86. The molecular formula is C19H31N3O. The van der Waals surface area contributed by atoms with Crippen LogP contribution in [0.15, 0.2) is 30.3 Å². The van der Waals surface area contributed by atoms with Gasteiger partial charge >= 0.3 is 0 Å². The summed E-state index contributed by atoms with van der Waals surface area (Å²) in [5.41, 5.74) is 1.33. The number of amides is 1. The van der Waals surface area contributed by atoms with Crippen molar-refractivity contribution >= 4 is 5.91 Å². The lowest BCUT2D eigenvalue weighted by Gasteiger charge is -2.31. The van der Waals surface area contributed by atoms with E-state index in [-0.39, 0.29) is 11.8 Å². The first kappa shape index (κ1) is 18.0. The van der Waals surface area contributed by atoms with Crippen LogP contribution < -0.4 is 10.6 Å². The summed E-state index contributed by atoms with van der Waals surface area (Å²) in [5.74, 6) is 0.419. The van der Waals surface area contributed by atoms with Crippen LogP contribution in [0.3, 0.4) is 0 Å². The van der Waals surface area contributed by atoms with Gasteiger partial charge in [0.05, 0.1) is 0 Å². The molecule has 1 heterocycles. The first-order valence-electron chi connectivity index (χ1n) is 9.01. The molecule has 1 aliphatic heterocycles. The zero-order valence-electron chi connectivity index (χ0n) is 14.6. The number of piperidine rings is 1. The summed E-state index contributed by atoms with van der Waals surface area (Å²) in [5, 5.41) is 6.53. The van der Waals surface area contributed by atoms with Crippen molar-refractivity contribution in [2.45, 2.75) is 39.2 Å². The summed E-state index contributed by atoms with van der Waals surface area (Å²) in [4.78, 5) is 14.8. The van der Waals surface area contributed by atoms with Gasteiger partial charge in [-0.3, -0.25) is 9.69 Å². The maximum atomic E-state index is 12.4. The van der Waals surface area contributed by atoms with E-state index in [0.717, 1.165) is 52.0 Å². The number of carbonyl (C=O) groups is 1. The van der Waals surface area contributed by atoms with E-state index in [0.29, 0.717) is 6.04 Å². The molecule has 23 heavy (non-hydrogen) atoms. The van der Waals surface area contributed by atoms with Gasteiger partial charge in [-0.25, -0.2) is 0 Å². The number of rotatable bonds is 8. The molecule has 4 heteroatoms.